The van der Waals surface area contributed by atoms with Crippen molar-refractivity contribution in [2.45, 2.75) is 52.4 Å². The Kier molecular flexibility index (Phi) is 6.25. The smallest absolute Gasteiger partial charge is 0.227 e. The maximum atomic E-state index is 12.8. The quantitative estimate of drug-likeness (QED) is 0.646. The zero-order valence-electron chi connectivity index (χ0n) is 18.3. The Morgan fingerprint density at radius 3 is 2.90 bits per heavy atom. The standard InChI is InChI=1S/C23H28N6O2/c1-15-6-4-10-24-23(15)27-19-12-16(2)25-20(13-19)18-7-5-11-29(14-18)22(30)9-8-21-26-17(3)28-31-21/h4,6,10,12-13,18H,5,7-9,11,14H2,1-3H3,(H,24,25,27)/t18-/m0/s1. The Balaban J connectivity index is 1.43. The second kappa shape index (κ2) is 9.24. The summed E-state index contributed by atoms with van der Waals surface area (Å²) in [4.78, 5) is 28.1. The highest BCUT2D eigenvalue weighted by molar-refractivity contribution is 5.76. The number of likely N-dealkylation sites (tertiary alicyclic amines) is 1. The molecule has 8 heteroatoms. The van der Waals surface area contributed by atoms with Crippen molar-refractivity contribution in [1.29, 1.82) is 0 Å². The van der Waals surface area contributed by atoms with Crippen LogP contribution in [0.5, 0.6) is 0 Å². The van der Waals surface area contributed by atoms with Crippen LogP contribution in [0.2, 0.25) is 0 Å². The number of hydrogen-bond donors (Lipinski definition) is 1. The fourth-order valence-electron chi connectivity index (χ4n) is 3.99. The molecule has 0 radical (unpaired) electrons. The van der Waals surface area contributed by atoms with E-state index in [9.17, 15) is 4.79 Å². The van der Waals surface area contributed by atoms with E-state index >= 15 is 0 Å². The Morgan fingerprint density at radius 2 is 2.13 bits per heavy atom. The molecule has 1 N–H and O–H groups in total. The van der Waals surface area contributed by atoms with Crippen LogP contribution in [-0.2, 0) is 11.2 Å². The van der Waals surface area contributed by atoms with Crippen LogP contribution in [0.15, 0.2) is 35.0 Å². The zero-order valence-corrected chi connectivity index (χ0v) is 18.3. The molecule has 162 valence electrons. The van der Waals surface area contributed by atoms with Gasteiger partial charge < -0.3 is 14.7 Å². The van der Waals surface area contributed by atoms with Crippen LogP contribution in [0.3, 0.4) is 0 Å². The minimum absolute atomic E-state index is 0.121. The number of nitrogens with one attached hydrogen (secondary N) is 1. The molecule has 1 amide bonds. The van der Waals surface area contributed by atoms with Gasteiger partial charge in [0, 0.05) is 55.1 Å². The number of nitrogens with zero attached hydrogens (tertiary/aromatic N) is 5. The number of hydrogen-bond acceptors (Lipinski definition) is 7. The molecule has 4 rings (SSSR count). The summed E-state index contributed by atoms with van der Waals surface area (Å²) < 4.78 is 5.12. The van der Waals surface area contributed by atoms with Crippen molar-refractivity contribution < 1.29 is 9.32 Å². The molecule has 8 nitrogen and oxygen atoms in total. The van der Waals surface area contributed by atoms with Gasteiger partial charge in [0.05, 0.1) is 0 Å². The molecule has 1 aliphatic rings. The molecule has 0 spiro atoms. The molecule has 4 heterocycles. The number of pyridine rings is 2. The molecule has 3 aromatic heterocycles. The van der Waals surface area contributed by atoms with Gasteiger partial charge in [-0.25, -0.2) is 4.98 Å². The number of anilines is 2. The maximum Gasteiger partial charge on any atom is 0.227 e. The lowest BCUT2D eigenvalue weighted by atomic mass is 9.93. The zero-order chi connectivity index (χ0) is 21.8. The van der Waals surface area contributed by atoms with E-state index in [1.54, 1.807) is 13.1 Å². The van der Waals surface area contributed by atoms with Crippen LogP contribution < -0.4 is 5.32 Å². The van der Waals surface area contributed by atoms with E-state index in [0.717, 1.165) is 47.8 Å². The Labute approximate surface area is 182 Å². The molecule has 1 atom stereocenters. The molecule has 1 aliphatic heterocycles. The summed E-state index contributed by atoms with van der Waals surface area (Å²) in [7, 11) is 0. The summed E-state index contributed by atoms with van der Waals surface area (Å²) in [6.45, 7) is 7.27. The summed E-state index contributed by atoms with van der Waals surface area (Å²) in [5, 5.41) is 7.19. The minimum atomic E-state index is 0.121. The normalized spacial score (nSPS) is 16.4. The number of amides is 1. The third-order valence-corrected chi connectivity index (χ3v) is 5.56. The maximum absolute atomic E-state index is 12.8. The van der Waals surface area contributed by atoms with Crippen molar-refractivity contribution in [2.24, 2.45) is 0 Å². The number of aromatic nitrogens is 4. The Bertz CT molecular complexity index is 1060. The first kappa shape index (κ1) is 21.0. The molecule has 0 saturated carbocycles. The Hall–Kier alpha value is -3.29. The lowest BCUT2D eigenvalue weighted by Gasteiger charge is -2.33. The van der Waals surface area contributed by atoms with E-state index in [0.29, 0.717) is 31.1 Å². The van der Waals surface area contributed by atoms with Crippen LogP contribution in [0.4, 0.5) is 11.5 Å². The molecule has 0 unspecified atom stereocenters. The highest BCUT2D eigenvalue weighted by atomic mass is 16.5. The molecule has 1 saturated heterocycles. The van der Waals surface area contributed by atoms with Crippen molar-refractivity contribution in [3.63, 3.8) is 0 Å². The number of piperidine rings is 1. The lowest BCUT2D eigenvalue weighted by molar-refractivity contribution is -0.132. The van der Waals surface area contributed by atoms with E-state index in [1.807, 2.05) is 36.9 Å². The highest BCUT2D eigenvalue weighted by Gasteiger charge is 2.26. The molecule has 0 aromatic carbocycles. The molecule has 1 fully saturated rings. The Morgan fingerprint density at radius 1 is 1.26 bits per heavy atom. The summed E-state index contributed by atoms with van der Waals surface area (Å²) in [5.74, 6) is 2.29. The predicted molar refractivity (Wildman–Crippen MR) is 117 cm³/mol. The SMILES string of the molecule is Cc1cc(Nc2ncccc2C)cc([C@H]2CCCN(C(=O)CCc3nc(C)no3)C2)n1. The van der Waals surface area contributed by atoms with Crippen molar-refractivity contribution in [1.82, 2.24) is 25.0 Å². The second-order valence-electron chi connectivity index (χ2n) is 8.13. The first-order valence-corrected chi connectivity index (χ1v) is 10.7. The fourth-order valence-corrected chi connectivity index (χ4v) is 3.99. The van der Waals surface area contributed by atoms with E-state index in [2.05, 4.69) is 26.5 Å². The molecular formula is C23H28N6O2. The fraction of sp³-hybridized carbons (Fsp3) is 0.435. The number of rotatable bonds is 6. The van der Waals surface area contributed by atoms with Gasteiger partial charge in [-0.15, -0.1) is 0 Å². The topological polar surface area (TPSA) is 97.0 Å². The van der Waals surface area contributed by atoms with Gasteiger partial charge in [0.15, 0.2) is 5.82 Å². The van der Waals surface area contributed by atoms with Gasteiger partial charge in [0.2, 0.25) is 11.8 Å². The minimum Gasteiger partial charge on any atom is -0.342 e. The van der Waals surface area contributed by atoms with E-state index in [4.69, 9.17) is 9.51 Å². The van der Waals surface area contributed by atoms with Gasteiger partial charge in [-0.3, -0.25) is 9.78 Å². The molecule has 0 aliphatic carbocycles. The molecule has 3 aromatic rings. The summed E-state index contributed by atoms with van der Waals surface area (Å²) in [6.07, 6.45) is 4.62. The molecule has 31 heavy (non-hydrogen) atoms. The van der Waals surface area contributed by atoms with Crippen LogP contribution in [0, 0.1) is 20.8 Å². The van der Waals surface area contributed by atoms with Crippen LogP contribution in [0.25, 0.3) is 0 Å². The van der Waals surface area contributed by atoms with Crippen LogP contribution in [-0.4, -0.2) is 44.0 Å². The third kappa shape index (κ3) is 5.25. The van der Waals surface area contributed by atoms with E-state index < -0.39 is 0 Å². The van der Waals surface area contributed by atoms with E-state index in [-0.39, 0.29) is 11.8 Å². The third-order valence-electron chi connectivity index (χ3n) is 5.56. The highest BCUT2D eigenvalue weighted by Crippen LogP contribution is 2.29. The lowest BCUT2D eigenvalue weighted by Crippen LogP contribution is -2.39. The van der Waals surface area contributed by atoms with Gasteiger partial charge >= 0.3 is 0 Å². The summed E-state index contributed by atoms with van der Waals surface area (Å²) in [6, 6.07) is 8.07. The van der Waals surface area contributed by atoms with Crippen molar-refractivity contribution in [2.75, 3.05) is 18.4 Å². The van der Waals surface area contributed by atoms with Gasteiger partial charge in [-0.2, -0.15) is 4.98 Å². The number of carbonyl (C=O) groups excluding carboxylic acids is 1. The van der Waals surface area contributed by atoms with Crippen molar-refractivity contribution in [3.8, 4) is 0 Å². The largest absolute Gasteiger partial charge is 0.342 e. The molecule has 0 bridgehead atoms. The summed E-state index contributed by atoms with van der Waals surface area (Å²) >= 11 is 0. The van der Waals surface area contributed by atoms with Gasteiger partial charge in [0.1, 0.15) is 5.82 Å². The average Bonchev–Trinajstić information content (AvgIpc) is 3.18. The molecular weight excluding hydrogens is 392 g/mol. The predicted octanol–water partition coefficient (Wildman–Crippen LogP) is 3.87. The van der Waals surface area contributed by atoms with E-state index in [1.165, 1.54) is 0 Å². The van der Waals surface area contributed by atoms with Crippen LogP contribution >= 0.6 is 0 Å². The second-order valence-corrected chi connectivity index (χ2v) is 8.13. The number of aryl methyl sites for hydroxylation is 4. The summed E-state index contributed by atoms with van der Waals surface area (Å²) in [5.41, 5.74) is 4.02. The monoisotopic (exact) mass is 420 g/mol. The van der Waals surface area contributed by atoms with Gasteiger partial charge in [-0.05, 0) is 57.4 Å². The first-order valence-electron chi connectivity index (χ1n) is 10.7. The van der Waals surface area contributed by atoms with Crippen molar-refractivity contribution in [3.05, 3.63) is 59.1 Å². The first-order chi connectivity index (χ1) is 15.0. The van der Waals surface area contributed by atoms with Gasteiger partial charge in [0.25, 0.3) is 0 Å². The average molecular weight is 421 g/mol. The van der Waals surface area contributed by atoms with Crippen molar-refractivity contribution >= 4 is 17.4 Å². The van der Waals surface area contributed by atoms with Gasteiger partial charge in [-0.1, -0.05) is 11.2 Å². The van der Waals surface area contributed by atoms with Crippen LogP contribution in [0.1, 0.15) is 53.8 Å². The number of carbonyl (C=O) groups is 1.